The zero-order chi connectivity index (χ0) is 34.8. The number of piperazine rings is 1. The molecule has 2 N–H and O–H groups in total. The third kappa shape index (κ3) is 6.55. The standard InChI is InChI=1S/C33H32FN5O9S/c1-2-37-14-22(29(42)21-12-23(34)25(13-24(21)37)38-10-8-36(18-40)9-11-38)33(46)48-15-19-17-49-31-27(30(43)39(31)28(19)32(44)45)35-26(41)16-47-20-6-4-3-5-7-20/h3-7,12-14,18,27,31H,2,8-11,15-17H2,1H3,(H,35,41)(H,44,45)/t27?,31-/m1/s1. The van der Waals surface area contributed by atoms with Crippen molar-refractivity contribution in [2.45, 2.75) is 24.9 Å². The summed E-state index contributed by atoms with van der Waals surface area (Å²) >= 11 is 1.19. The van der Waals surface area contributed by atoms with E-state index in [4.69, 9.17) is 9.47 Å². The summed E-state index contributed by atoms with van der Waals surface area (Å²) in [4.78, 5) is 79.9. The summed E-state index contributed by atoms with van der Waals surface area (Å²) in [5, 5.41) is 11.9. The lowest BCUT2D eigenvalue weighted by atomic mass is 10.0. The number of hydrogen-bond acceptors (Lipinski definition) is 10. The number of amides is 3. The van der Waals surface area contributed by atoms with Crippen LogP contribution < -0.4 is 20.4 Å². The number of nitrogens with one attached hydrogen (secondary N) is 1. The summed E-state index contributed by atoms with van der Waals surface area (Å²) in [5.41, 5.74) is -0.651. The lowest BCUT2D eigenvalue weighted by Gasteiger charge is -2.49. The van der Waals surface area contributed by atoms with Gasteiger partial charge in [0.05, 0.1) is 11.2 Å². The summed E-state index contributed by atoms with van der Waals surface area (Å²) in [6.45, 7) is 2.96. The van der Waals surface area contributed by atoms with E-state index in [1.165, 1.54) is 18.0 Å². The molecular formula is C33H32FN5O9S. The number of esters is 1. The van der Waals surface area contributed by atoms with E-state index in [-0.39, 0.29) is 40.3 Å². The van der Waals surface area contributed by atoms with Crippen LogP contribution in [-0.4, -0.2) is 106 Å². The van der Waals surface area contributed by atoms with Crippen molar-refractivity contribution in [3.63, 3.8) is 0 Å². The van der Waals surface area contributed by atoms with Gasteiger partial charge in [-0.25, -0.2) is 14.0 Å². The van der Waals surface area contributed by atoms with Crippen molar-refractivity contribution < 1.29 is 42.9 Å². The molecule has 2 atom stereocenters. The van der Waals surface area contributed by atoms with Gasteiger partial charge < -0.3 is 34.3 Å². The van der Waals surface area contributed by atoms with Gasteiger partial charge >= 0.3 is 11.9 Å². The van der Waals surface area contributed by atoms with Crippen LogP contribution in [0.1, 0.15) is 17.3 Å². The maximum atomic E-state index is 15.3. The van der Waals surface area contributed by atoms with E-state index in [0.29, 0.717) is 44.0 Å². The van der Waals surface area contributed by atoms with E-state index in [1.54, 1.807) is 57.7 Å². The first-order valence-corrected chi connectivity index (χ1v) is 16.5. The Hall–Kier alpha value is -5.38. The molecule has 0 spiro atoms. The van der Waals surface area contributed by atoms with Gasteiger partial charge in [0, 0.05) is 55.6 Å². The number of pyridine rings is 1. The number of nitrogens with zero attached hydrogens (tertiary/aromatic N) is 4. The van der Waals surface area contributed by atoms with Crippen molar-refractivity contribution in [3.05, 3.63) is 81.5 Å². The fourth-order valence-electron chi connectivity index (χ4n) is 6.02. The number of carboxylic acids is 1. The number of carbonyl (C=O) groups excluding carboxylic acids is 4. The Kier molecular flexibility index (Phi) is 9.58. The highest BCUT2D eigenvalue weighted by Crippen LogP contribution is 2.40. The van der Waals surface area contributed by atoms with E-state index in [2.05, 4.69) is 5.32 Å². The normalized spacial score (nSPS) is 18.9. The molecule has 0 aliphatic carbocycles. The average Bonchev–Trinajstić information content (AvgIpc) is 3.12. The lowest BCUT2D eigenvalue weighted by molar-refractivity contribution is -0.151. The van der Waals surface area contributed by atoms with Crippen LogP contribution in [0.2, 0.25) is 0 Å². The molecule has 256 valence electrons. The number of carbonyl (C=O) groups is 5. The molecule has 0 saturated carbocycles. The topological polar surface area (TPSA) is 168 Å². The van der Waals surface area contributed by atoms with Crippen LogP contribution in [0.25, 0.3) is 10.9 Å². The minimum absolute atomic E-state index is 0.0287. The molecular weight excluding hydrogens is 661 g/mol. The fourth-order valence-corrected chi connectivity index (χ4v) is 7.35. The molecule has 3 aliphatic heterocycles. The molecule has 3 aromatic rings. The van der Waals surface area contributed by atoms with Crippen LogP contribution in [0.5, 0.6) is 5.75 Å². The first-order valence-electron chi connectivity index (χ1n) is 15.5. The zero-order valence-electron chi connectivity index (χ0n) is 26.3. The van der Waals surface area contributed by atoms with Crippen molar-refractivity contribution in [2.75, 3.05) is 50.0 Å². The molecule has 2 fully saturated rings. The molecule has 49 heavy (non-hydrogen) atoms. The number of benzene rings is 2. The molecule has 14 nitrogen and oxygen atoms in total. The fraction of sp³-hybridized carbons (Fsp3) is 0.333. The summed E-state index contributed by atoms with van der Waals surface area (Å²) in [5.74, 6) is -3.75. The first-order chi connectivity index (χ1) is 23.6. The number of aromatic nitrogens is 1. The largest absolute Gasteiger partial charge is 0.484 e. The highest BCUT2D eigenvalue weighted by molar-refractivity contribution is 8.00. The summed E-state index contributed by atoms with van der Waals surface area (Å²) in [6.07, 6.45) is 2.07. The Bertz CT molecular complexity index is 1930. The molecule has 2 aromatic carbocycles. The van der Waals surface area contributed by atoms with Gasteiger partial charge in [-0.2, -0.15) is 0 Å². The van der Waals surface area contributed by atoms with E-state index in [9.17, 15) is 33.9 Å². The molecule has 3 amide bonds. The molecule has 1 unspecified atom stereocenters. The van der Waals surface area contributed by atoms with E-state index in [0.717, 1.165) is 17.4 Å². The molecule has 6 rings (SSSR count). The van der Waals surface area contributed by atoms with Gasteiger partial charge in [-0.3, -0.25) is 24.1 Å². The van der Waals surface area contributed by atoms with Crippen LogP contribution in [-0.2, 0) is 30.5 Å². The van der Waals surface area contributed by atoms with E-state index < -0.39 is 53.0 Å². The van der Waals surface area contributed by atoms with Crippen LogP contribution in [0.4, 0.5) is 10.1 Å². The summed E-state index contributed by atoms with van der Waals surface area (Å²) < 4.78 is 27.8. The molecule has 16 heteroatoms. The smallest absolute Gasteiger partial charge is 0.352 e. The number of anilines is 1. The molecule has 3 aliphatic rings. The highest BCUT2D eigenvalue weighted by Gasteiger charge is 2.54. The molecule has 0 bridgehead atoms. The number of halogens is 1. The second kappa shape index (κ2) is 14.0. The first kappa shape index (κ1) is 33.5. The van der Waals surface area contributed by atoms with Gasteiger partial charge in [0.2, 0.25) is 11.8 Å². The monoisotopic (exact) mass is 693 g/mol. The van der Waals surface area contributed by atoms with Gasteiger partial charge in [-0.15, -0.1) is 11.8 Å². The third-order valence-electron chi connectivity index (χ3n) is 8.57. The van der Waals surface area contributed by atoms with Crippen molar-refractivity contribution in [3.8, 4) is 5.75 Å². The minimum Gasteiger partial charge on any atom is -0.484 e. The Morgan fingerprint density at radius 1 is 1.10 bits per heavy atom. The minimum atomic E-state index is -1.42. The van der Waals surface area contributed by atoms with Crippen molar-refractivity contribution in [1.82, 2.24) is 19.7 Å². The van der Waals surface area contributed by atoms with Crippen LogP contribution in [0.15, 0.2) is 64.7 Å². The summed E-state index contributed by atoms with van der Waals surface area (Å²) in [6, 6.07) is 10.3. The highest BCUT2D eigenvalue weighted by atomic mass is 32.2. The predicted molar refractivity (Wildman–Crippen MR) is 176 cm³/mol. The Balaban J connectivity index is 1.15. The number of β-lactam (4-membered cyclic amide) rings is 1. The maximum absolute atomic E-state index is 15.3. The number of fused-ring (bicyclic) bond motifs is 2. The van der Waals surface area contributed by atoms with Crippen LogP contribution >= 0.6 is 11.8 Å². The quantitative estimate of drug-likeness (QED) is 0.169. The van der Waals surface area contributed by atoms with Gasteiger partial charge in [0.15, 0.2) is 6.61 Å². The number of hydrogen-bond donors (Lipinski definition) is 2. The van der Waals surface area contributed by atoms with Crippen molar-refractivity contribution >= 4 is 58.5 Å². The summed E-state index contributed by atoms with van der Waals surface area (Å²) in [7, 11) is 0. The van der Waals surface area contributed by atoms with Gasteiger partial charge in [0.1, 0.15) is 40.8 Å². The maximum Gasteiger partial charge on any atom is 0.352 e. The van der Waals surface area contributed by atoms with Crippen molar-refractivity contribution in [2.24, 2.45) is 0 Å². The van der Waals surface area contributed by atoms with Crippen LogP contribution in [0.3, 0.4) is 0 Å². The number of aliphatic carboxylic acids is 1. The van der Waals surface area contributed by atoms with Crippen molar-refractivity contribution in [1.29, 1.82) is 0 Å². The second-order valence-electron chi connectivity index (χ2n) is 11.5. The number of rotatable bonds is 11. The lowest BCUT2D eigenvalue weighted by Crippen LogP contribution is -2.71. The number of carboxylic acid groups (broad SMARTS) is 1. The van der Waals surface area contributed by atoms with Crippen LogP contribution in [0, 0.1) is 5.82 Å². The number of ether oxygens (including phenoxy) is 2. The SMILES string of the molecule is CCn1cc(C(=O)OCC2=C(C(=O)O)N3C(=O)C(NC(=O)COc4ccccc4)[C@H]3SC2)c(=O)c2cc(F)c(N3CCN(C=O)CC3)cc21. The Morgan fingerprint density at radius 2 is 1.84 bits per heavy atom. The number of aryl methyl sites for hydroxylation is 1. The zero-order valence-corrected chi connectivity index (χ0v) is 27.1. The molecule has 0 radical (unpaired) electrons. The average molecular weight is 694 g/mol. The van der Waals surface area contributed by atoms with Gasteiger partial charge in [-0.1, -0.05) is 18.2 Å². The third-order valence-corrected chi connectivity index (χ3v) is 9.91. The number of para-hydroxylation sites is 1. The molecule has 4 heterocycles. The Morgan fingerprint density at radius 3 is 2.51 bits per heavy atom. The van der Waals surface area contributed by atoms with E-state index >= 15 is 4.39 Å². The molecule has 1 aromatic heterocycles. The number of thioether (sulfide) groups is 1. The second-order valence-corrected chi connectivity index (χ2v) is 12.6. The van der Waals surface area contributed by atoms with E-state index in [1.807, 2.05) is 0 Å². The predicted octanol–water partition coefficient (Wildman–Crippen LogP) is 1.41. The van der Waals surface area contributed by atoms with Gasteiger partial charge in [0.25, 0.3) is 11.8 Å². The van der Waals surface area contributed by atoms with Gasteiger partial charge in [-0.05, 0) is 31.2 Å². The Labute approximate surface area is 283 Å². The molecule has 2 saturated heterocycles.